The van der Waals surface area contributed by atoms with Crippen LogP contribution in [0.1, 0.15) is 6.92 Å². The Morgan fingerprint density at radius 2 is 2.03 bits per heavy atom. The third-order valence-electron chi connectivity index (χ3n) is 4.44. The van der Waals surface area contributed by atoms with E-state index >= 15 is 0 Å². The maximum absolute atomic E-state index is 13.3. The highest BCUT2D eigenvalue weighted by molar-refractivity contribution is 7.99. The molecule has 0 saturated carbocycles. The summed E-state index contributed by atoms with van der Waals surface area (Å²) in [7, 11) is 1.60. The fourth-order valence-electron chi connectivity index (χ4n) is 2.90. The topological polar surface area (TPSA) is 108 Å². The molecular formula is C21H19FN6O3S. The largest absolute Gasteiger partial charge is 0.497 e. The minimum Gasteiger partial charge on any atom is -0.497 e. The number of carbonyl (C=O) groups excluding carboxylic acids is 1. The zero-order valence-electron chi connectivity index (χ0n) is 17.3. The van der Waals surface area contributed by atoms with Gasteiger partial charge in [0.2, 0.25) is 17.6 Å². The lowest BCUT2D eigenvalue weighted by atomic mass is 10.2. The molecule has 9 nitrogen and oxygen atoms in total. The third kappa shape index (κ3) is 4.78. The fraction of sp³-hybridized carbons (Fsp3) is 0.190. The van der Waals surface area contributed by atoms with Crippen molar-refractivity contribution in [1.82, 2.24) is 24.9 Å². The third-order valence-corrected chi connectivity index (χ3v) is 5.41. The van der Waals surface area contributed by atoms with Gasteiger partial charge in [0.05, 0.1) is 12.9 Å². The van der Waals surface area contributed by atoms with Gasteiger partial charge in [0.15, 0.2) is 5.16 Å². The predicted molar refractivity (Wildman–Crippen MR) is 117 cm³/mol. The Labute approximate surface area is 187 Å². The van der Waals surface area contributed by atoms with E-state index in [1.54, 1.807) is 17.7 Å². The molecule has 0 aliphatic rings. The number of aromatic nitrogens is 5. The average molecular weight is 454 g/mol. The van der Waals surface area contributed by atoms with Crippen LogP contribution < -0.4 is 10.1 Å². The van der Waals surface area contributed by atoms with E-state index in [9.17, 15) is 9.18 Å². The van der Waals surface area contributed by atoms with Gasteiger partial charge in [-0.1, -0.05) is 23.0 Å². The summed E-state index contributed by atoms with van der Waals surface area (Å²) in [6, 6.07) is 13.0. The van der Waals surface area contributed by atoms with E-state index in [0.717, 1.165) is 11.3 Å². The molecule has 0 fully saturated rings. The van der Waals surface area contributed by atoms with Gasteiger partial charge in [0.1, 0.15) is 11.6 Å². The summed E-state index contributed by atoms with van der Waals surface area (Å²) in [6.07, 6.45) is 0. The molecule has 0 unspecified atom stereocenters. The van der Waals surface area contributed by atoms with E-state index in [1.807, 2.05) is 31.2 Å². The van der Waals surface area contributed by atoms with Crippen molar-refractivity contribution < 1.29 is 18.4 Å². The molecule has 4 rings (SSSR count). The number of rotatable bonds is 8. The first-order valence-electron chi connectivity index (χ1n) is 9.67. The number of ether oxygens (including phenoxy) is 1. The maximum Gasteiger partial charge on any atom is 0.296 e. The summed E-state index contributed by atoms with van der Waals surface area (Å²) in [5, 5.41) is 15.5. The van der Waals surface area contributed by atoms with Crippen molar-refractivity contribution >= 4 is 23.4 Å². The monoisotopic (exact) mass is 454 g/mol. The van der Waals surface area contributed by atoms with Crippen LogP contribution >= 0.6 is 11.8 Å². The van der Waals surface area contributed by atoms with Crippen molar-refractivity contribution in [1.29, 1.82) is 0 Å². The Balaban J connectivity index is 1.46. The summed E-state index contributed by atoms with van der Waals surface area (Å²) < 4.78 is 25.6. The van der Waals surface area contributed by atoms with Crippen molar-refractivity contribution in [3.05, 3.63) is 54.3 Å². The van der Waals surface area contributed by atoms with Crippen molar-refractivity contribution in [2.24, 2.45) is 0 Å². The SMILES string of the molecule is CCn1c(SCC(=O)Nc2cccc(F)c2)nnc1-c1nc(-c2ccc(OC)cc2)no1. The molecule has 0 atom stereocenters. The Morgan fingerprint density at radius 1 is 1.22 bits per heavy atom. The Hall–Kier alpha value is -3.73. The zero-order chi connectivity index (χ0) is 22.5. The number of hydrogen-bond donors (Lipinski definition) is 1. The van der Waals surface area contributed by atoms with Crippen LogP contribution in [0.3, 0.4) is 0 Å². The smallest absolute Gasteiger partial charge is 0.296 e. The number of hydrogen-bond acceptors (Lipinski definition) is 8. The molecule has 1 N–H and O–H groups in total. The van der Waals surface area contributed by atoms with Crippen LogP contribution in [0.25, 0.3) is 23.1 Å². The zero-order valence-corrected chi connectivity index (χ0v) is 18.1. The summed E-state index contributed by atoms with van der Waals surface area (Å²) in [5.74, 6) is 1.15. The lowest BCUT2D eigenvalue weighted by molar-refractivity contribution is -0.113. The molecule has 164 valence electrons. The lowest BCUT2D eigenvalue weighted by Crippen LogP contribution is -2.14. The average Bonchev–Trinajstić information content (AvgIpc) is 3.44. The van der Waals surface area contributed by atoms with Gasteiger partial charge in [-0.15, -0.1) is 10.2 Å². The molecule has 0 bridgehead atoms. The highest BCUT2D eigenvalue weighted by Gasteiger charge is 2.20. The molecule has 0 aliphatic carbocycles. The summed E-state index contributed by atoms with van der Waals surface area (Å²) >= 11 is 1.21. The number of nitrogens with one attached hydrogen (secondary N) is 1. The van der Waals surface area contributed by atoms with E-state index in [0.29, 0.717) is 29.0 Å². The van der Waals surface area contributed by atoms with E-state index in [4.69, 9.17) is 9.26 Å². The van der Waals surface area contributed by atoms with Gasteiger partial charge >= 0.3 is 0 Å². The van der Waals surface area contributed by atoms with Crippen molar-refractivity contribution in [3.63, 3.8) is 0 Å². The van der Waals surface area contributed by atoms with Gasteiger partial charge in [-0.2, -0.15) is 4.98 Å². The second kappa shape index (κ2) is 9.60. The van der Waals surface area contributed by atoms with Crippen molar-refractivity contribution in [3.8, 4) is 28.9 Å². The molecular weight excluding hydrogens is 435 g/mol. The van der Waals surface area contributed by atoms with E-state index < -0.39 is 5.82 Å². The number of nitrogens with zero attached hydrogens (tertiary/aromatic N) is 5. The highest BCUT2D eigenvalue weighted by atomic mass is 32.2. The standard InChI is InChI=1S/C21H19FN6O3S/c1-3-28-19(20-24-18(27-31-20)13-7-9-16(30-2)10-8-13)25-26-21(28)32-12-17(29)23-15-6-4-5-14(22)11-15/h4-11H,3,12H2,1-2H3,(H,23,29). The molecule has 0 aliphatic heterocycles. The van der Waals surface area contributed by atoms with Crippen LogP contribution in [0.5, 0.6) is 5.75 Å². The van der Waals surface area contributed by atoms with E-state index in [1.165, 1.54) is 30.0 Å². The van der Waals surface area contributed by atoms with Crippen LogP contribution in [0.15, 0.2) is 58.2 Å². The lowest BCUT2D eigenvalue weighted by Gasteiger charge is -2.06. The number of anilines is 1. The molecule has 2 aromatic heterocycles. The maximum atomic E-state index is 13.3. The minimum atomic E-state index is -0.417. The first kappa shape index (κ1) is 21.5. The number of carbonyl (C=O) groups is 1. The number of methoxy groups -OCH3 is 1. The van der Waals surface area contributed by atoms with Crippen LogP contribution in [0, 0.1) is 5.82 Å². The molecule has 1 amide bonds. The number of thioether (sulfide) groups is 1. The van der Waals surface area contributed by atoms with Crippen LogP contribution in [0.4, 0.5) is 10.1 Å². The first-order valence-corrected chi connectivity index (χ1v) is 10.7. The van der Waals surface area contributed by atoms with Crippen LogP contribution in [-0.2, 0) is 11.3 Å². The second-order valence-electron chi connectivity index (χ2n) is 6.55. The van der Waals surface area contributed by atoms with Gasteiger partial charge in [-0.3, -0.25) is 9.36 Å². The molecule has 0 radical (unpaired) electrons. The summed E-state index contributed by atoms with van der Waals surface area (Å²) in [5.41, 5.74) is 1.16. The minimum absolute atomic E-state index is 0.0789. The highest BCUT2D eigenvalue weighted by Crippen LogP contribution is 2.26. The van der Waals surface area contributed by atoms with Gasteiger partial charge in [-0.25, -0.2) is 4.39 Å². The molecule has 0 saturated heterocycles. The van der Waals surface area contributed by atoms with Crippen LogP contribution in [0.2, 0.25) is 0 Å². The molecule has 11 heteroatoms. The Morgan fingerprint density at radius 3 is 2.75 bits per heavy atom. The second-order valence-corrected chi connectivity index (χ2v) is 7.49. The van der Waals surface area contributed by atoms with Gasteiger partial charge < -0.3 is 14.6 Å². The van der Waals surface area contributed by atoms with Crippen LogP contribution in [-0.4, -0.2) is 43.7 Å². The Bertz CT molecular complexity index is 1220. The molecule has 32 heavy (non-hydrogen) atoms. The number of halogens is 1. The van der Waals surface area contributed by atoms with E-state index in [2.05, 4.69) is 25.7 Å². The van der Waals surface area contributed by atoms with Crippen molar-refractivity contribution in [2.45, 2.75) is 18.6 Å². The van der Waals surface area contributed by atoms with E-state index in [-0.39, 0.29) is 17.6 Å². The van der Waals surface area contributed by atoms with Crippen molar-refractivity contribution in [2.75, 3.05) is 18.2 Å². The molecule has 2 heterocycles. The first-order chi connectivity index (χ1) is 15.6. The molecule has 2 aromatic carbocycles. The number of amides is 1. The van der Waals surface area contributed by atoms with Gasteiger partial charge in [0, 0.05) is 17.8 Å². The normalized spacial score (nSPS) is 10.8. The Kier molecular flexibility index (Phi) is 6.45. The molecule has 0 spiro atoms. The predicted octanol–water partition coefficient (Wildman–Crippen LogP) is 3.89. The van der Waals surface area contributed by atoms with Gasteiger partial charge in [0.25, 0.3) is 5.89 Å². The number of benzene rings is 2. The molecule has 4 aromatic rings. The summed E-state index contributed by atoms with van der Waals surface area (Å²) in [4.78, 5) is 16.6. The summed E-state index contributed by atoms with van der Waals surface area (Å²) in [6.45, 7) is 2.46. The van der Waals surface area contributed by atoms with Gasteiger partial charge in [-0.05, 0) is 49.4 Å². The fourth-order valence-corrected chi connectivity index (χ4v) is 3.71. The quantitative estimate of drug-likeness (QED) is 0.400.